The highest BCUT2D eigenvalue weighted by molar-refractivity contribution is 7.89. The van der Waals surface area contributed by atoms with Crippen LogP contribution in [-0.2, 0) is 21.4 Å². The second-order valence-corrected chi connectivity index (χ2v) is 8.68. The van der Waals surface area contributed by atoms with Gasteiger partial charge in [-0.1, -0.05) is 6.92 Å². The molecule has 1 aromatic carbocycles. The first-order valence-corrected chi connectivity index (χ1v) is 10.9. The lowest BCUT2D eigenvalue weighted by Gasteiger charge is -2.22. The van der Waals surface area contributed by atoms with Crippen molar-refractivity contribution < 1.29 is 17.9 Å². The van der Waals surface area contributed by atoms with Crippen molar-refractivity contribution in [3.8, 4) is 17.1 Å². The largest absolute Gasteiger partial charge is 0.497 e. The maximum atomic E-state index is 12.5. The predicted octanol–water partition coefficient (Wildman–Crippen LogP) is 1.30. The maximum Gasteiger partial charge on any atom is 0.238 e. The number of rotatable bonds is 8. The summed E-state index contributed by atoms with van der Waals surface area (Å²) in [6.07, 6.45) is 1.74. The number of nitrogens with one attached hydrogen (secondary N) is 2. The van der Waals surface area contributed by atoms with Crippen molar-refractivity contribution in [1.29, 1.82) is 0 Å². The summed E-state index contributed by atoms with van der Waals surface area (Å²) >= 11 is 0. The lowest BCUT2D eigenvalue weighted by molar-refractivity contribution is -0.124. The Bertz CT molecular complexity index is 910. The molecule has 28 heavy (non-hydrogen) atoms. The molecule has 10 heteroatoms. The maximum absolute atomic E-state index is 12.5. The Labute approximate surface area is 164 Å². The van der Waals surface area contributed by atoms with Gasteiger partial charge in [-0.3, -0.25) is 9.89 Å². The molecule has 2 N–H and O–H groups in total. The van der Waals surface area contributed by atoms with Gasteiger partial charge >= 0.3 is 0 Å². The molecule has 1 fully saturated rings. The SMILES string of the molecule is CCCS(=O)(=O)N1CCCC1C(=O)NCc1nc(-c2ccc(OC)cc2)n[nH]1. The van der Waals surface area contributed by atoms with Gasteiger partial charge in [-0.25, -0.2) is 13.4 Å². The van der Waals surface area contributed by atoms with Crippen LogP contribution in [0.2, 0.25) is 0 Å². The smallest absolute Gasteiger partial charge is 0.238 e. The molecule has 2 aromatic rings. The van der Waals surface area contributed by atoms with Crippen molar-refractivity contribution in [3.05, 3.63) is 30.1 Å². The predicted molar refractivity (Wildman–Crippen MR) is 104 cm³/mol. The van der Waals surface area contributed by atoms with E-state index in [1.807, 2.05) is 31.2 Å². The number of ether oxygens (including phenoxy) is 1. The van der Waals surface area contributed by atoms with Gasteiger partial charge < -0.3 is 10.1 Å². The standard InChI is InChI=1S/C18H25N5O4S/c1-3-11-28(25,26)23-10-4-5-15(23)18(24)19-12-16-20-17(22-21-16)13-6-8-14(27-2)9-7-13/h6-9,15H,3-5,10-12H2,1-2H3,(H,19,24)(H,20,21,22). The molecule has 1 aromatic heterocycles. The van der Waals surface area contributed by atoms with E-state index in [-0.39, 0.29) is 18.2 Å². The van der Waals surface area contributed by atoms with Crippen molar-refractivity contribution in [3.63, 3.8) is 0 Å². The molecule has 2 heterocycles. The van der Waals surface area contributed by atoms with E-state index in [2.05, 4.69) is 20.5 Å². The average molecular weight is 407 g/mol. The fraction of sp³-hybridized carbons (Fsp3) is 0.500. The van der Waals surface area contributed by atoms with Crippen LogP contribution in [0.4, 0.5) is 0 Å². The summed E-state index contributed by atoms with van der Waals surface area (Å²) in [6.45, 7) is 2.36. The van der Waals surface area contributed by atoms with E-state index in [1.54, 1.807) is 7.11 Å². The van der Waals surface area contributed by atoms with Crippen LogP contribution < -0.4 is 10.1 Å². The van der Waals surface area contributed by atoms with Crippen LogP contribution in [-0.4, -0.2) is 59.3 Å². The summed E-state index contributed by atoms with van der Waals surface area (Å²) in [7, 11) is -1.80. The highest BCUT2D eigenvalue weighted by Gasteiger charge is 2.37. The second kappa shape index (κ2) is 8.70. The Morgan fingerprint density at radius 2 is 2.11 bits per heavy atom. The van der Waals surface area contributed by atoms with Gasteiger partial charge in [0.15, 0.2) is 5.82 Å². The quantitative estimate of drug-likeness (QED) is 0.681. The molecule has 0 spiro atoms. The molecule has 1 aliphatic heterocycles. The Kier molecular flexibility index (Phi) is 6.30. The van der Waals surface area contributed by atoms with Crippen LogP contribution in [0.5, 0.6) is 5.75 Å². The number of hydrogen-bond donors (Lipinski definition) is 2. The van der Waals surface area contributed by atoms with Gasteiger partial charge in [0, 0.05) is 12.1 Å². The zero-order valence-electron chi connectivity index (χ0n) is 16.0. The molecular formula is C18H25N5O4S. The fourth-order valence-corrected chi connectivity index (χ4v) is 4.99. The number of carbonyl (C=O) groups is 1. The van der Waals surface area contributed by atoms with Gasteiger partial charge in [-0.05, 0) is 43.5 Å². The van der Waals surface area contributed by atoms with Gasteiger partial charge in [0.1, 0.15) is 17.6 Å². The third-order valence-electron chi connectivity index (χ3n) is 4.64. The molecule has 1 saturated heterocycles. The number of nitrogens with zero attached hydrogens (tertiary/aromatic N) is 3. The number of carbonyl (C=O) groups excluding carboxylic acids is 1. The number of benzene rings is 1. The molecule has 0 aliphatic carbocycles. The molecule has 152 valence electrons. The van der Waals surface area contributed by atoms with E-state index in [9.17, 15) is 13.2 Å². The summed E-state index contributed by atoms with van der Waals surface area (Å²) in [6, 6.07) is 6.68. The van der Waals surface area contributed by atoms with Crippen LogP contribution >= 0.6 is 0 Å². The lowest BCUT2D eigenvalue weighted by atomic mass is 10.2. The Hall–Kier alpha value is -2.46. The van der Waals surface area contributed by atoms with Crippen LogP contribution in [0.3, 0.4) is 0 Å². The van der Waals surface area contributed by atoms with Crippen LogP contribution in [0, 0.1) is 0 Å². The number of methoxy groups -OCH3 is 1. The molecule has 0 saturated carbocycles. The summed E-state index contributed by atoms with van der Waals surface area (Å²) < 4.78 is 31.1. The average Bonchev–Trinajstić information content (AvgIpc) is 3.36. The Balaban J connectivity index is 1.61. The normalized spacial score (nSPS) is 17.6. The molecule has 1 atom stereocenters. The van der Waals surface area contributed by atoms with Gasteiger partial charge in [0.05, 0.1) is 19.4 Å². The van der Waals surface area contributed by atoms with Gasteiger partial charge in [-0.2, -0.15) is 9.40 Å². The van der Waals surface area contributed by atoms with E-state index in [4.69, 9.17) is 4.74 Å². The van der Waals surface area contributed by atoms with Crippen LogP contribution in [0.25, 0.3) is 11.4 Å². The number of sulfonamides is 1. The molecule has 0 radical (unpaired) electrons. The molecule has 9 nitrogen and oxygen atoms in total. The highest BCUT2D eigenvalue weighted by Crippen LogP contribution is 2.22. The Morgan fingerprint density at radius 1 is 1.36 bits per heavy atom. The lowest BCUT2D eigenvalue weighted by Crippen LogP contribution is -2.46. The molecular weight excluding hydrogens is 382 g/mol. The van der Waals surface area contributed by atoms with Crippen molar-refractivity contribution in [2.24, 2.45) is 0 Å². The number of aromatic amines is 1. The van der Waals surface area contributed by atoms with Crippen molar-refractivity contribution >= 4 is 15.9 Å². The second-order valence-electron chi connectivity index (χ2n) is 6.64. The summed E-state index contributed by atoms with van der Waals surface area (Å²) in [5.74, 6) is 1.51. The van der Waals surface area contributed by atoms with Crippen molar-refractivity contribution in [2.45, 2.75) is 38.8 Å². The van der Waals surface area contributed by atoms with E-state index in [0.29, 0.717) is 37.5 Å². The van der Waals surface area contributed by atoms with E-state index < -0.39 is 16.1 Å². The Morgan fingerprint density at radius 3 is 2.79 bits per heavy atom. The molecule has 0 bridgehead atoms. The minimum absolute atomic E-state index is 0.0596. The van der Waals surface area contributed by atoms with Crippen LogP contribution in [0.1, 0.15) is 32.0 Å². The zero-order valence-corrected chi connectivity index (χ0v) is 16.8. The van der Waals surface area contributed by atoms with Crippen molar-refractivity contribution in [1.82, 2.24) is 24.8 Å². The third kappa shape index (κ3) is 4.50. The molecule has 1 unspecified atom stereocenters. The molecule has 3 rings (SSSR count). The van der Waals surface area contributed by atoms with E-state index >= 15 is 0 Å². The summed E-state index contributed by atoms with van der Waals surface area (Å²) in [4.78, 5) is 16.9. The number of amides is 1. The topological polar surface area (TPSA) is 117 Å². The monoisotopic (exact) mass is 407 g/mol. The first-order valence-electron chi connectivity index (χ1n) is 9.27. The summed E-state index contributed by atoms with van der Waals surface area (Å²) in [5.41, 5.74) is 0.822. The van der Waals surface area contributed by atoms with Crippen LogP contribution in [0.15, 0.2) is 24.3 Å². The molecule has 1 amide bonds. The summed E-state index contributed by atoms with van der Waals surface area (Å²) in [5, 5.41) is 9.73. The number of H-pyrrole nitrogens is 1. The first-order chi connectivity index (χ1) is 13.4. The number of hydrogen-bond acceptors (Lipinski definition) is 6. The third-order valence-corrected chi connectivity index (χ3v) is 6.71. The highest BCUT2D eigenvalue weighted by atomic mass is 32.2. The first kappa shape index (κ1) is 20.3. The number of aromatic nitrogens is 3. The van der Waals surface area contributed by atoms with Crippen molar-refractivity contribution in [2.75, 3.05) is 19.4 Å². The molecule has 1 aliphatic rings. The minimum atomic E-state index is -3.40. The van der Waals surface area contributed by atoms with Gasteiger partial charge in [-0.15, -0.1) is 0 Å². The zero-order chi connectivity index (χ0) is 20.1. The van der Waals surface area contributed by atoms with Gasteiger partial charge in [0.25, 0.3) is 0 Å². The fourth-order valence-electron chi connectivity index (χ4n) is 3.24. The van der Waals surface area contributed by atoms with Gasteiger partial charge in [0.2, 0.25) is 15.9 Å². The van der Waals surface area contributed by atoms with E-state index in [0.717, 1.165) is 11.3 Å². The minimum Gasteiger partial charge on any atom is -0.497 e. The van der Waals surface area contributed by atoms with E-state index in [1.165, 1.54) is 4.31 Å².